The fraction of sp³-hybridized carbons (Fsp3) is 0.917. The van der Waals surface area contributed by atoms with Gasteiger partial charge in [0.1, 0.15) is 0 Å². The minimum atomic E-state index is 0.0408. The molecule has 5 heteroatoms. The van der Waals surface area contributed by atoms with Crippen LogP contribution < -0.4 is 10.6 Å². The number of hydrogen-bond acceptors (Lipinski definition) is 3. The lowest BCUT2D eigenvalue weighted by Crippen LogP contribution is -2.46. The standard InChI is InChI=1S/C12H23N3O2/c1-15(8-10-2-5-13-6-3-10)12(16)14-11-4-7-17-9-11/h10-11,13H,2-9H2,1H3,(H,14,16). The van der Waals surface area contributed by atoms with E-state index in [1.54, 1.807) is 0 Å². The molecule has 0 aromatic carbocycles. The molecular formula is C12H23N3O2. The van der Waals surface area contributed by atoms with E-state index in [4.69, 9.17) is 4.74 Å². The van der Waals surface area contributed by atoms with Gasteiger partial charge >= 0.3 is 6.03 Å². The van der Waals surface area contributed by atoms with E-state index in [0.29, 0.717) is 12.5 Å². The van der Waals surface area contributed by atoms with Crippen LogP contribution in [0.4, 0.5) is 4.79 Å². The molecule has 0 radical (unpaired) electrons. The molecule has 2 aliphatic rings. The number of rotatable bonds is 3. The third kappa shape index (κ3) is 3.85. The Hall–Kier alpha value is -0.810. The van der Waals surface area contributed by atoms with Crippen molar-refractivity contribution in [3.05, 3.63) is 0 Å². The fourth-order valence-corrected chi connectivity index (χ4v) is 2.47. The van der Waals surface area contributed by atoms with E-state index in [9.17, 15) is 4.79 Å². The monoisotopic (exact) mass is 241 g/mol. The summed E-state index contributed by atoms with van der Waals surface area (Å²) in [6.45, 7) is 4.45. The lowest BCUT2D eigenvalue weighted by atomic mass is 9.98. The molecule has 17 heavy (non-hydrogen) atoms. The van der Waals surface area contributed by atoms with Gasteiger partial charge in [0.15, 0.2) is 0 Å². The minimum Gasteiger partial charge on any atom is -0.379 e. The number of nitrogens with one attached hydrogen (secondary N) is 2. The predicted octanol–water partition coefficient (Wildman–Crippen LogP) is 0.416. The third-order valence-electron chi connectivity index (χ3n) is 3.59. The van der Waals surface area contributed by atoms with E-state index in [1.165, 1.54) is 12.8 Å². The minimum absolute atomic E-state index is 0.0408. The molecule has 1 atom stereocenters. The molecule has 2 N–H and O–H groups in total. The average Bonchev–Trinajstić information content (AvgIpc) is 2.83. The smallest absolute Gasteiger partial charge is 0.317 e. The Bertz CT molecular complexity index is 248. The number of amides is 2. The summed E-state index contributed by atoms with van der Waals surface area (Å²) >= 11 is 0. The number of ether oxygens (including phenoxy) is 1. The lowest BCUT2D eigenvalue weighted by molar-refractivity contribution is 0.176. The van der Waals surface area contributed by atoms with Crippen LogP contribution in [0.15, 0.2) is 0 Å². The number of hydrogen-bond donors (Lipinski definition) is 2. The number of carbonyl (C=O) groups is 1. The molecule has 0 bridgehead atoms. The average molecular weight is 241 g/mol. The molecule has 0 spiro atoms. The molecule has 98 valence electrons. The molecule has 2 heterocycles. The second-order valence-corrected chi connectivity index (χ2v) is 5.08. The first-order valence-corrected chi connectivity index (χ1v) is 6.56. The van der Waals surface area contributed by atoms with Gasteiger partial charge in [-0.05, 0) is 38.3 Å². The van der Waals surface area contributed by atoms with Crippen molar-refractivity contribution in [1.29, 1.82) is 0 Å². The molecule has 2 saturated heterocycles. The van der Waals surface area contributed by atoms with Gasteiger partial charge in [0.2, 0.25) is 0 Å². The molecule has 5 nitrogen and oxygen atoms in total. The quantitative estimate of drug-likeness (QED) is 0.753. The van der Waals surface area contributed by atoms with Crippen LogP contribution in [0.5, 0.6) is 0 Å². The number of urea groups is 1. The molecule has 0 aromatic heterocycles. The van der Waals surface area contributed by atoms with Gasteiger partial charge in [0.25, 0.3) is 0 Å². The summed E-state index contributed by atoms with van der Waals surface area (Å²) in [6.07, 6.45) is 3.28. The Morgan fingerprint density at radius 3 is 2.82 bits per heavy atom. The van der Waals surface area contributed by atoms with Gasteiger partial charge in [-0.1, -0.05) is 0 Å². The van der Waals surface area contributed by atoms with Gasteiger partial charge in [-0.25, -0.2) is 4.79 Å². The van der Waals surface area contributed by atoms with Crippen LogP contribution >= 0.6 is 0 Å². The largest absolute Gasteiger partial charge is 0.379 e. The Balaban J connectivity index is 1.70. The van der Waals surface area contributed by atoms with Crippen molar-refractivity contribution in [2.24, 2.45) is 5.92 Å². The van der Waals surface area contributed by atoms with Gasteiger partial charge < -0.3 is 20.3 Å². The maximum Gasteiger partial charge on any atom is 0.317 e. The molecule has 0 aromatic rings. The van der Waals surface area contributed by atoms with Gasteiger partial charge in [0.05, 0.1) is 12.6 Å². The second-order valence-electron chi connectivity index (χ2n) is 5.08. The van der Waals surface area contributed by atoms with Gasteiger partial charge in [-0.2, -0.15) is 0 Å². The summed E-state index contributed by atoms with van der Waals surface area (Å²) in [5.74, 6) is 0.645. The van der Waals surface area contributed by atoms with E-state index < -0.39 is 0 Å². The van der Waals surface area contributed by atoms with Crippen LogP contribution in [-0.4, -0.2) is 56.9 Å². The first kappa shape index (κ1) is 12.6. The Morgan fingerprint density at radius 1 is 1.41 bits per heavy atom. The highest BCUT2D eigenvalue weighted by Gasteiger charge is 2.22. The lowest BCUT2D eigenvalue weighted by Gasteiger charge is -2.28. The summed E-state index contributed by atoms with van der Waals surface area (Å²) in [7, 11) is 1.88. The van der Waals surface area contributed by atoms with Crippen molar-refractivity contribution in [2.45, 2.75) is 25.3 Å². The van der Waals surface area contributed by atoms with Crippen molar-refractivity contribution in [1.82, 2.24) is 15.5 Å². The zero-order valence-electron chi connectivity index (χ0n) is 10.6. The Kier molecular flexibility index (Phi) is 4.62. The summed E-state index contributed by atoms with van der Waals surface area (Å²) < 4.78 is 5.25. The number of piperidine rings is 1. The van der Waals surface area contributed by atoms with Gasteiger partial charge in [-0.15, -0.1) is 0 Å². The van der Waals surface area contributed by atoms with Crippen LogP contribution in [0.25, 0.3) is 0 Å². The van der Waals surface area contributed by atoms with Crippen LogP contribution in [0.1, 0.15) is 19.3 Å². The van der Waals surface area contributed by atoms with Crippen molar-refractivity contribution < 1.29 is 9.53 Å². The van der Waals surface area contributed by atoms with E-state index in [1.807, 2.05) is 11.9 Å². The number of carbonyl (C=O) groups excluding carboxylic acids is 1. The summed E-state index contributed by atoms with van der Waals surface area (Å²) in [5.41, 5.74) is 0. The highest BCUT2D eigenvalue weighted by Crippen LogP contribution is 2.13. The predicted molar refractivity (Wildman–Crippen MR) is 66.0 cm³/mol. The van der Waals surface area contributed by atoms with E-state index in [-0.39, 0.29) is 12.1 Å². The van der Waals surface area contributed by atoms with Gasteiger partial charge in [0, 0.05) is 20.2 Å². The highest BCUT2D eigenvalue weighted by atomic mass is 16.5. The normalized spacial score (nSPS) is 25.8. The van der Waals surface area contributed by atoms with E-state index >= 15 is 0 Å². The SMILES string of the molecule is CN(CC1CCNCC1)C(=O)NC1CCOC1. The molecule has 0 aliphatic carbocycles. The van der Waals surface area contributed by atoms with E-state index in [0.717, 1.165) is 32.7 Å². The molecule has 1 unspecified atom stereocenters. The fourth-order valence-electron chi connectivity index (χ4n) is 2.47. The second kappa shape index (κ2) is 6.21. The molecule has 2 aliphatic heterocycles. The maximum absolute atomic E-state index is 11.9. The van der Waals surface area contributed by atoms with Crippen molar-refractivity contribution in [2.75, 3.05) is 39.9 Å². The Labute approximate surface area is 103 Å². The first-order valence-electron chi connectivity index (χ1n) is 6.56. The van der Waals surface area contributed by atoms with Crippen LogP contribution in [0.3, 0.4) is 0 Å². The van der Waals surface area contributed by atoms with Crippen molar-refractivity contribution in [3.8, 4) is 0 Å². The van der Waals surface area contributed by atoms with E-state index in [2.05, 4.69) is 10.6 Å². The molecule has 2 rings (SSSR count). The number of nitrogens with zero attached hydrogens (tertiary/aromatic N) is 1. The van der Waals surface area contributed by atoms with Crippen LogP contribution in [0.2, 0.25) is 0 Å². The zero-order valence-corrected chi connectivity index (χ0v) is 10.6. The highest BCUT2D eigenvalue weighted by molar-refractivity contribution is 5.74. The zero-order chi connectivity index (χ0) is 12.1. The van der Waals surface area contributed by atoms with Crippen LogP contribution in [-0.2, 0) is 4.74 Å². The maximum atomic E-state index is 11.9. The molecule has 0 saturated carbocycles. The molecule has 2 amide bonds. The summed E-state index contributed by atoms with van der Waals surface area (Å²) in [5, 5.41) is 6.35. The topological polar surface area (TPSA) is 53.6 Å². The first-order chi connectivity index (χ1) is 8.25. The molecular weight excluding hydrogens is 218 g/mol. The van der Waals surface area contributed by atoms with Crippen molar-refractivity contribution >= 4 is 6.03 Å². The molecule has 2 fully saturated rings. The van der Waals surface area contributed by atoms with Crippen LogP contribution in [0, 0.1) is 5.92 Å². The summed E-state index contributed by atoms with van der Waals surface area (Å²) in [6, 6.07) is 0.247. The Morgan fingerprint density at radius 2 is 2.18 bits per heavy atom. The summed E-state index contributed by atoms with van der Waals surface area (Å²) in [4.78, 5) is 13.7. The van der Waals surface area contributed by atoms with Gasteiger partial charge in [-0.3, -0.25) is 0 Å². The van der Waals surface area contributed by atoms with Crippen molar-refractivity contribution in [3.63, 3.8) is 0 Å². The third-order valence-corrected chi connectivity index (χ3v) is 3.59.